The van der Waals surface area contributed by atoms with Gasteiger partial charge in [-0.15, -0.1) is 0 Å². The van der Waals surface area contributed by atoms with Crippen LogP contribution in [0.2, 0.25) is 0 Å². The Morgan fingerprint density at radius 2 is 1.62 bits per heavy atom. The summed E-state index contributed by atoms with van der Waals surface area (Å²) in [5, 5.41) is 7.04. The first kappa shape index (κ1) is 27.6. The highest BCUT2D eigenvalue weighted by Gasteiger charge is 2.47. The van der Waals surface area contributed by atoms with E-state index in [0.29, 0.717) is 36.7 Å². The lowest BCUT2D eigenvalue weighted by Gasteiger charge is -2.45. The predicted octanol–water partition coefficient (Wildman–Crippen LogP) is 5.30. The van der Waals surface area contributed by atoms with E-state index in [0.717, 1.165) is 36.1 Å². The van der Waals surface area contributed by atoms with Gasteiger partial charge in [-0.25, -0.2) is 0 Å². The van der Waals surface area contributed by atoms with Crippen LogP contribution in [0.5, 0.6) is 5.75 Å². The fourth-order valence-electron chi connectivity index (χ4n) is 5.77. The summed E-state index contributed by atoms with van der Waals surface area (Å²) in [5.41, 5.74) is 1.84. The van der Waals surface area contributed by atoms with Gasteiger partial charge in [0.25, 0.3) is 0 Å². The van der Waals surface area contributed by atoms with Crippen molar-refractivity contribution in [2.45, 2.75) is 50.2 Å². The van der Waals surface area contributed by atoms with Crippen LogP contribution in [0.25, 0.3) is 0 Å². The second-order valence-corrected chi connectivity index (χ2v) is 10.9. The standard InChI is InChI=1S/C32H36N4O3S/c1-39-27-17-15-26(16-18-27)33-30(38)32(19-9-4-10-20-32)36(21-24-11-5-2-6-12-24)29(37)23-35-22-28(34-31(35)40)25-13-7-3-8-14-25/h2-3,5-8,11-18,28H,4,9-10,19-23H2,1H3,(H,33,38)(H,34,40)/t28-/m0/s1. The molecule has 8 heteroatoms. The van der Waals surface area contributed by atoms with Gasteiger partial charge in [-0.1, -0.05) is 79.9 Å². The zero-order valence-corrected chi connectivity index (χ0v) is 23.7. The van der Waals surface area contributed by atoms with Crippen LogP contribution in [-0.4, -0.2) is 52.5 Å². The number of rotatable bonds is 9. The van der Waals surface area contributed by atoms with Crippen LogP contribution in [0.1, 0.15) is 49.3 Å². The van der Waals surface area contributed by atoms with Gasteiger partial charge in [-0.3, -0.25) is 9.59 Å². The van der Waals surface area contributed by atoms with Crippen molar-refractivity contribution >= 4 is 34.8 Å². The highest BCUT2D eigenvalue weighted by Crippen LogP contribution is 2.37. The van der Waals surface area contributed by atoms with Crippen molar-refractivity contribution in [3.8, 4) is 5.75 Å². The van der Waals surface area contributed by atoms with Crippen LogP contribution in [0.3, 0.4) is 0 Å². The highest BCUT2D eigenvalue weighted by atomic mass is 32.1. The van der Waals surface area contributed by atoms with Crippen molar-refractivity contribution in [1.82, 2.24) is 15.1 Å². The molecule has 1 atom stereocenters. The second-order valence-electron chi connectivity index (χ2n) is 10.5. The Bertz CT molecular complexity index is 1310. The number of hydrogen-bond acceptors (Lipinski definition) is 4. The molecule has 40 heavy (non-hydrogen) atoms. The van der Waals surface area contributed by atoms with Gasteiger partial charge in [0, 0.05) is 18.8 Å². The summed E-state index contributed by atoms with van der Waals surface area (Å²) in [6.07, 6.45) is 4.04. The number of carbonyl (C=O) groups excluding carboxylic acids is 2. The molecule has 2 N–H and O–H groups in total. The normalized spacial score (nSPS) is 18.1. The number of nitrogens with zero attached hydrogens (tertiary/aromatic N) is 2. The number of methoxy groups -OCH3 is 1. The molecule has 0 spiro atoms. The Hall–Kier alpha value is -3.91. The Morgan fingerprint density at radius 1 is 0.975 bits per heavy atom. The van der Waals surface area contributed by atoms with Gasteiger partial charge in [-0.2, -0.15) is 0 Å². The maximum atomic E-state index is 14.2. The quantitative estimate of drug-likeness (QED) is 0.349. The molecule has 1 aliphatic carbocycles. The molecule has 1 heterocycles. The minimum absolute atomic E-state index is 0.0195. The van der Waals surface area contributed by atoms with Crippen molar-refractivity contribution in [2.24, 2.45) is 0 Å². The van der Waals surface area contributed by atoms with Crippen LogP contribution in [0, 0.1) is 0 Å². The van der Waals surface area contributed by atoms with Crippen LogP contribution < -0.4 is 15.4 Å². The second kappa shape index (κ2) is 12.5. The molecule has 1 aliphatic heterocycles. The minimum atomic E-state index is -0.960. The van der Waals surface area contributed by atoms with E-state index in [4.69, 9.17) is 17.0 Å². The third kappa shape index (κ3) is 6.12. The highest BCUT2D eigenvalue weighted by molar-refractivity contribution is 7.80. The average molecular weight is 557 g/mol. The molecule has 3 aromatic rings. The fourth-order valence-corrected chi connectivity index (χ4v) is 6.05. The van der Waals surface area contributed by atoms with Crippen LogP contribution >= 0.6 is 12.2 Å². The molecule has 3 aromatic carbocycles. The van der Waals surface area contributed by atoms with Crippen LogP contribution in [0.15, 0.2) is 84.9 Å². The first-order valence-corrected chi connectivity index (χ1v) is 14.3. The Morgan fingerprint density at radius 3 is 2.27 bits per heavy atom. The van der Waals surface area contributed by atoms with E-state index in [1.54, 1.807) is 7.11 Å². The number of thiocarbonyl (C=S) groups is 1. The van der Waals surface area contributed by atoms with E-state index >= 15 is 0 Å². The van der Waals surface area contributed by atoms with E-state index in [1.165, 1.54) is 0 Å². The van der Waals surface area contributed by atoms with Crippen LogP contribution in [0.4, 0.5) is 5.69 Å². The van der Waals surface area contributed by atoms with E-state index in [-0.39, 0.29) is 24.4 Å². The van der Waals surface area contributed by atoms with Crippen molar-refractivity contribution in [1.29, 1.82) is 0 Å². The lowest BCUT2D eigenvalue weighted by atomic mass is 9.78. The number of ether oxygens (including phenoxy) is 1. The SMILES string of the molecule is COc1ccc(NC(=O)C2(N(Cc3ccccc3)C(=O)CN3C[C@@H](c4ccccc4)NC3=S)CCCCC2)cc1. The third-order valence-corrected chi connectivity index (χ3v) is 8.34. The van der Waals surface area contributed by atoms with Crippen molar-refractivity contribution < 1.29 is 14.3 Å². The largest absolute Gasteiger partial charge is 0.497 e. The zero-order valence-electron chi connectivity index (χ0n) is 22.8. The van der Waals surface area contributed by atoms with Crippen molar-refractivity contribution in [3.05, 3.63) is 96.1 Å². The summed E-state index contributed by atoms with van der Waals surface area (Å²) >= 11 is 5.65. The molecule has 2 aliphatic rings. The Kier molecular flexibility index (Phi) is 8.65. The number of anilines is 1. The van der Waals surface area contributed by atoms with Gasteiger partial charge in [0.05, 0.1) is 19.7 Å². The maximum absolute atomic E-state index is 14.2. The molecular weight excluding hydrogens is 520 g/mol. The number of nitrogens with one attached hydrogen (secondary N) is 2. The smallest absolute Gasteiger partial charge is 0.250 e. The molecule has 5 rings (SSSR count). The Labute approximate surface area is 241 Å². The number of carbonyl (C=O) groups is 2. The molecule has 2 amide bonds. The lowest BCUT2D eigenvalue weighted by molar-refractivity contribution is -0.149. The molecule has 0 unspecified atom stereocenters. The first-order chi connectivity index (χ1) is 19.5. The molecular formula is C32H36N4O3S. The molecule has 2 fully saturated rings. The monoisotopic (exact) mass is 556 g/mol. The van der Waals surface area contributed by atoms with Crippen molar-refractivity contribution in [3.63, 3.8) is 0 Å². The third-order valence-electron chi connectivity index (χ3n) is 7.97. The van der Waals surface area contributed by atoms with Crippen LogP contribution in [-0.2, 0) is 16.1 Å². The lowest BCUT2D eigenvalue weighted by Crippen LogP contribution is -2.61. The van der Waals surface area contributed by atoms with Gasteiger partial charge in [0.1, 0.15) is 11.3 Å². The van der Waals surface area contributed by atoms with Gasteiger partial charge in [-0.05, 0) is 60.5 Å². The van der Waals surface area contributed by atoms with Gasteiger partial charge in [0.2, 0.25) is 11.8 Å². The molecule has 0 aromatic heterocycles. The van der Waals surface area contributed by atoms with E-state index in [2.05, 4.69) is 22.8 Å². The van der Waals surface area contributed by atoms with Gasteiger partial charge in [0.15, 0.2) is 5.11 Å². The minimum Gasteiger partial charge on any atom is -0.497 e. The molecule has 1 saturated heterocycles. The zero-order chi connectivity index (χ0) is 28.0. The summed E-state index contributed by atoms with van der Waals surface area (Å²) in [7, 11) is 1.61. The number of benzene rings is 3. The summed E-state index contributed by atoms with van der Waals surface area (Å²) in [6, 6.07) is 27.3. The molecule has 0 radical (unpaired) electrons. The summed E-state index contributed by atoms with van der Waals surface area (Å²) in [5.74, 6) is 0.467. The van der Waals surface area contributed by atoms with Gasteiger partial charge < -0.3 is 25.2 Å². The summed E-state index contributed by atoms with van der Waals surface area (Å²) in [6.45, 7) is 1.06. The topological polar surface area (TPSA) is 73.9 Å². The van der Waals surface area contributed by atoms with Crippen molar-refractivity contribution in [2.75, 3.05) is 25.5 Å². The summed E-state index contributed by atoms with van der Waals surface area (Å²) in [4.78, 5) is 32.1. The number of amides is 2. The predicted molar refractivity (Wildman–Crippen MR) is 161 cm³/mol. The average Bonchev–Trinajstić information content (AvgIpc) is 3.37. The maximum Gasteiger partial charge on any atom is 0.250 e. The summed E-state index contributed by atoms with van der Waals surface area (Å²) < 4.78 is 5.27. The first-order valence-electron chi connectivity index (χ1n) is 13.9. The van der Waals surface area contributed by atoms with E-state index in [9.17, 15) is 9.59 Å². The van der Waals surface area contributed by atoms with E-state index < -0.39 is 5.54 Å². The number of hydrogen-bond donors (Lipinski definition) is 2. The van der Waals surface area contributed by atoms with Gasteiger partial charge >= 0.3 is 0 Å². The molecule has 7 nitrogen and oxygen atoms in total. The molecule has 1 saturated carbocycles. The molecule has 0 bridgehead atoms. The molecule has 208 valence electrons. The Balaban J connectivity index is 1.42. The fraction of sp³-hybridized carbons (Fsp3) is 0.344. The van der Waals surface area contributed by atoms with E-state index in [1.807, 2.05) is 82.6 Å².